The number of anilines is 1. The normalized spacial score (nSPS) is 12.2. The van der Waals surface area contributed by atoms with Crippen LogP contribution in [-0.2, 0) is 0 Å². The molecule has 100 valence electrons. The highest BCUT2D eigenvalue weighted by Gasteiger charge is 2.10. The second-order valence-corrected chi connectivity index (χ2v) is 5.07. The molecular formula is C11H16IN3O3. The zero-order valence-electron chi connectivity index (χ0n) is 10.0. The first-order chi connectivity index (χ1) is 8.50. The van der Waals surface area contributed by atoms with Gasteiger partial charge in [0.15, 0.2) is 0 Å². The van der Waals surface area contributed by atoms with Gasteiger partial charge in [-0.15, -0.1) is 0 Å². The number of hydrogen-bond acceptors (Lipinski definition) is 5. The zero-order chi connectivity index (χ0) is 13.5. The lowest BCUT2D eigenvalue weighted by atomic mass is 10.3. The van der Waals surface area contributed by atoms with Gasteiger partial charge in [0.25, 0.3) is 5.69 Å². The van der Waals surface area contributed by atoms with Gasteiger partial charge in [-0.05, 0) is 41.6 Å². The highest BCUT2D eigenvalue weighted by atomic mass is 127. The Morgan fingerprint density at radius 3 is 2.78 bits per heavy atom. The lowest BCUT2D eigenvalue weighted by Gasteiger charge is -2.09. The second kappa shape index (κ2) is 7.49. The molecule has 3 N–H and O–H groups in total. The third-order valence-electron chi connectivity index (χ3n) is 2.22. The van der Waals surface area contributed by atoms with Crippen molar-refractivity contribution in [2.75, 3.05) is 25.0 Å². The largest absolute Gasteiger partial charge is 0.392 e. The van der Waals surface area contributed by atoms with Gasteiger partial charge in [0.1, 0.15) is 0 Å². The quantitative estimate of drug-likeness (QED) is 0.296. The van der Waals surface area contributed by atoms with Crippen LogP contribution in [0, 0.1) is 13.7 Å². The average Bonchev–Trinajstić information content (AvgIpc) is 2.27. The van der Waals surface area contributed by atoms with Crippen molar-refractivity contribution >= 4 is 34.0 Å². The van der Waals surface area contributed by atoms with Crippen LogP contribution in [0.1, 0.15) is 6.92 Å². The van der Waals surface area contributed by atoms with Crippen LogP contribution in [0.2, 0.25) is 0 Å². The van der Waals surface area contributed by atoms with Gasteiger partial charge in [-0.3, -0.25) is 10.1 Å². The number of hydrogen-bond donors (Lipinski definition) is 3. The SMILES string of the molecule is CC(O)CNCCNc1ccc([N+](=O)[O-])c(I)c1. The molecule has 1 rings (SSSR count). The number of halogens is 1. The smallest absolute Gasteiger partial charge is 0.282 e. The third-order valence-corrected chi connectivity index (χ3v) is 3.08. The molecule has 1 unspecified atom stereocenters. The standard InChI is InChI=1S/C11H16IN3O3/c1-8(16)7-13-4-5-14-9-2-3-11(15(17)18)10(12)6-9/h2-3,6,8,13-14,16H,4-5,7H2,1H3. The Labute approximate surface area is 119 Å². The molecule has 0 saturated heterocycles. The number of benzene rings is 1. The molecule has 0 heterocycles. The molecule has 1 aromatic carbocycles. The Balaban J connectivity index is 2.39. The highest BCUT2D eigenvalue weighted by molar-refractivity contribution is 14.1. The zero-order valence-corrected chi connectivity index (χ0v) is 12.2. The lowest BCUT2D eigenvalue weighted by Crippen LogP contribution is -2.28. The molecule has 6 nitrogen and oxygen atoms in total. The van der Waals surface area contributed by atoms with Crippen LogP contribution in [0.15, 0.2) is 18.2 Å². The Kier molecular flexibility index (Phi) is 6.30. The van der Waals surface area contributed by atoms with Gasteiger partial charge < -0.3 is 15.7 Å². The van der Waals surface area contributed by atoms with Crippen molar-refractivity contribution in [3.8, 4) is 0 Å². The lowest BCUT2D eigenvalue weighted by molar-refractivity contribution is -0.385. The molecule has 1 aromatic rings. The van der Waals surface area contributed by atoms with Crippen molar-refractivity contribution in [3.63, 3.8) is 0 Å². The van der Waals surface area contributed by atoms with Gasteiger partial charge in [0.05, 0.1) is 14.6 Å². The van der Waals surface area contributed by atoms with E-state index in [1.54, 1.807) is 19.1 Å². The maximum absolute atomic E-state index is 10.6. The van der Waals surface area contributed by atoms with E-state index in [1.165, 1.54) is 6.07 Å². The van der Waals surface area contributed by atoms with Crippen LogP contribution in [0.25, 0.3) is 0 Å². The summed E-state index contributed by atoms with van der Waals surface area (Å²) < 4.78 is 0.611. The topological polar surface area (TPSA) is 87.4 Å². The van der Waals surface area contributed by atoms with E-state index < -0.39 is 4.92 Å². The molecule has 0 spiro atoms. The predicted molar refractivity (Wildman–Crippen MR) is 78.9 cm³/mol. The Hall–Kier alpha value is -0.930. The number of nitrogens with zero attached hydrogens (tertiary/aromatic N) is 1. The van der Waals surface area contributed by atoms with E-state index >= 15 is 0 Å². The molecule has 18 heavy (non-hydrogen) atoms. The number of rotatable bonds is 7. The Bertz CT molecular complexity index is 413. The second-order valence-electron chi connectivity index (χ2n) is 3.90. The van der Waals surface area contributed by atoms with Gasteiger partial charge >= 0.3 is 0 Å². The summed E-state index contributed by atoms with van der Waals surface area (Å²) in [5, 5.41) is 25.9. The molecule has 0 saturated carbocycles. The molecule has 0 fully saturated rings. The van der Waals surface area contributed by atoms with Crippen molar-refractivity contribution in [3.05, 3.63) is 31.9 Å². The Morgan fingerprint density at radius 2 is 2.22 bits per heavy atom. The van der Waals surface area contributed by atoms with E-state index in [0.717, 1.165) is 12.2 Å². The number of nitro benzene ring substituents is 1. The van der Waals surface area contributed by atoms with E-state index in [9.17, 15) is 10.1 Å². The van der Waals surface area contributed by atoms with E-state index in [0.29, 0.717) is 16.7 Å². The number of aliphatic hydroxyl groups excluding tert-OH is 1. The third kappa shape index (κ3) is 5.15. The maximum atomic E-state index is 10.6. The fourth-order valence-electron chi connectivity index (χ4n) is 1.37. The minimum atomic E-state index is -0.393. The summed E-state index contributed by atoms with van der Waals surface area (Å²) in [5.74, 6) is 0. The molecule has 0 aromatic heterocycles. The Morgan fingerprint density at radius 1 is 1.50 bits per heavy atom. The highest BCUT2D eigenvalue weighted by Crippen LogP contribution is 2.23. The first-order valence-corrected chi connectivity index (χ1v) is 6.65. The molecule has 0 aliphatic rings. The number of nitrogens with one attached hydrogen (secondary N) is 2. The maximum Gasteiger partial charge on any atom is 0.282 e. The molecule has 0 aliphatic heterocycles. The summed E-state index contributed by atoms with van der Waals surface area (Å²) >= 11 is 1.95. The van der Waals surface area contributed by atoms with Crippen LogP contribution in [0.3, 0.4) is 0 Å². The fraction of sp³-hybridized carbons (Fsp3) is 0.455. The van der Waals surface area contributed by atoms with E-state index in [1.807, 2.05) is 22.6 Å². The predicted octanol–water partition coefficient (Wildman–Crippen LogP) is 1.58. The average molecular weight is 365 g/mol. The molecule has 1 atom stereocenters. The van der Waals surface area contributed by atoms with Gasteiger partial charge in [0.2, 0.25) is 0 Å². The van der Waals surface area contributed by atoms with Crippen LogP contribution in [0.5, 0.6) is 0 Å². The summed E-state index contributed by atoms with van der Waals surface area (Å²) in [7, 11) is 0. The van der Waals surface area contributed by atoms with Gasteiger partial charge in [-0.2, -0.15) is 0 Å². The van der Waals surface area contributed by atoms with Crippen LogP contribution < -0.4 is 10.6 Å². The van der Waals surface area contributed by atoms with E-state index in [-0.39, 0.29) is 11.8 Å². The van der Waals surface area contributed by atoms with Crippen molar-refractivity contribution in [2.45, 2.75) is 13.0 Å². The van der Waals surface area contributed by atoms with Crippen molar-refractivity contribution in [1.29, 1.82) is 0 Å². The summed E-state index contributed by atoms with van der Waals surface area (Å²) in [4.78, 5) is 10.2. The molecule has 7 heteroatoms. The first kappa shape index (κ1) is 15.1. The summed E-state index contributed by atoms with van der Waals surface area (Å²) in [6, 6.07) is 4.93. The molecule has 0 aliphatic carbocycles. The minimum absolute atomic E-state index is 0.119. The molecule has 0 radical (unpaired) electrons. The summed E-state index contributed by atoms with van der Waals surface area (Å²) in [5.41, 5.74) is 0.970. The molecule has 0 bridgehead atoms. The number of nitro groups is 1. The summed E-state index contributed by atoms with van der Waals surface area (Å²) in [6.07, 6.45) is -0.356. The fourth-order valence-corrected chi connectivity index (χ4v) is 2.08. The van der Waals surface area contributed by atoms with E-state index in [2.05, 4.69) is 10.6 Å². The van der Waals surface area contributed by atoms with Crippen molar-refractivity contribution < 1.29 is 10.0 Å². The first-order valence-electron chi connectivity index (χ1n) is 5.57. The van der Waals surface area contributed by atoms with E-state index in [4.69, 9.17) is 5.11 Å². The van der Waals surface area contributed by atoms with Crippen LogP contribution >= 0.6 is 22.6 Å². The van der Waals surface area contributed by atoms with Crippen LogP contribution in [-0.4, -0.2) is 35.8 Å². The molecule has 0 amide bonds. The monoisotopic (exact) mass is 365 g/mol. The van der Waals surface area contributed by atoms with Crippen molar-refractivity contribution in [1.82, 2.24) is 5.32 Å². The number of aliphatic hydroxyl groups is 1. The van der Waals surface area contributed by atoms with Gasteiger partial charge in [-0.1, -0.05) is 0 Å². The van der Waals surface area contributed by atoms with Crippen molar-refractivity contribution in [2.24, 2.45) is 0 Å². The van der Waals surface area contributed by atoms with Gasteiger partial charge in [-0.25, -0.2) is 0 Å². The summed E-state index contributed by atoms with van der Waals surface area (Å²) in [6.45, 7) is 3.69. The molecular weight excluding hydrogens is 349 g/mol. The minimum Gasteiger partial charge on any atom is -0.392 e. The van der Waals surface area contributed by atoms with Crippen LogP contribution in [0.4, 0.5) is 11.4 Å². The van der Waals surface area contributed by atoms with Gasteiger partial charge in [0, 0.05) is 31.4 Å².